The Labute approximate surface area is 349 Å². The van der Waals surface area contributed by atoms with E-state index in [1.54, 1.807) is 0 Å². The van der Waals surface area contributed by atoms with Crippen LogP contribution in [0.4, 0.5) is 0 Å². The molecule has 0 aliphatic heterocycles. The molecule has 5 heteroatoms. The predicted molar refractivity (Wildman–Crippen MR) is 244 cm³/mol. The van der Waals surface area contributed by atoms with Gasteiger partial charge >= 0.3 is 0 Å². The van der Waals surface area contributed by atoms with Crippen LogP contribution in [0.25, 0.3) is 101 Å². The minimum Gasteiger partial charge on any atom is -0.228 e. The molecule has 0 unspecified atom stereocenters. The summed E-state index contributed by atoms with van der Waals surface area (Å²) in [7, 11) is 0. The zero-order valence-electron chi connectivity index (χ0n) is 32.6. The maximum Gasteiger partial charge on any atom is 0.164 e. The molecule has 0 N–H and O–H groups in total. The van der Waals surface area contributed by atoms with Crippen molar-refractivity contribution >= 4 is 0 Å². The fourth-order valence-electron chi connectivity index (χ4n) is 7.51. The van der Waals surface area contributed by atoms with Crippen LogP contribution < -0.4 is 0 Å². The van der Waals surface area contributed by atoms with Crippen molar-refractivity contribution in [2.24, 2.45) is 0 Å². The summed E-state index contributed by atoms with van der Waals surface area (Å²) >= 11 is 0. The van der Waals surface area contributed by atoms with Crippen LogP contribution in [0.2, 0.25) is 0 Å². The molecular formula is C55H37N5. The summed E-state index contributed by atoms with van der Waals surface area (Å²) in [6, 6.07) is 77.0. The van der Waals surface area contributed by atoms with Gasteiger partial charge in [-0.3, -0.25) is 0 Å². The third kappa shape index (κ3) is 7.63. The highest BCUT2D eigenvalue weighted by atomic mass is 15.0. The number of aromatic nitrogens is 5. The van der Waals surface area contributed by atoms with E-state index < -0.39 is 0 Å². The van der Waals surface area contributed by atoms with E-state index in [-0.39, 0.29) is 0 Å². The van der Waals surface area contributed by atoms with Gasteiger partial charge in [-0.2, -0.15) is 0 Å². The lowest BCUT2D eigenvalue weighted by Crippen LogP contribution is -2.01. The van der Waals surface area contributed by atoms with Crippen molar-refractivity contribution < 1.29 is 0 Å². The monoisotopic (exact) mass is 767 g/mol. The van der Waals surface area contributed by atoms with Gasteiger partial charge < -0.3 is 0 Å². The van der Waals surface area contributed by atoms with Gasteiger partial charge in [0.2, 0.25) is 0 Å². The van der Waals surface area contributed by atoms with Crippen molar-refractivity contribution in [3.8, 4) is 101 Å². The van der Waals surface area contributed by atoms with E-state index in [0.717, 1.165) is 67.0 Å². The molecular weight excluding hydrogens is 731 g/mol. The Morgan fingerprint density at radius 1 is 0.183 bits per heavy atom. The van der Waals surface area contributed by atoms with Crippen molar-refractivity contribution in [3.05, 3.63) is 224 Å². The molecule has 5 nitrogen and oxygen atoms in total. The average Bonchev–Trinajstić information content (AvgIpc) is 3.35. The van der Waals surface area contributed by atoms with E-state index in [0.29, 0.717) is 23.3 Å². The van der Waals surface area contributed by atoms with E-state index in [1.165, 1.54) is 11.1 Å². The Kier molecular flexibility index (Phi) is 9.88. The second-order valence-electron chi connectivity index (χ2n) is 14.5. The van der Waals surface area contributed by atoms with Gasteiger partial charge in [0.05, 0.1) is 11.4 Å². The summed E-state index contributed by atoms with van der Waals surface area (Å²) in [5.74, 6) is 2.51. The van der Waals surface area contributed by atoms with Crippen LogP contribution in [0.1, 0.15) is 0 Å². The molecule has 0 fully saturated rings. The third-order valence-electron chi connectivity index (χ3n) is 10.6. The fourth-order valence-corrected chi connectivity index (χ4v) is 7.51. The molecule has 2 heterocycles. The molecule has 0 radical (unpaired) electrons. The summed E-state index contributed by atoms with van der Waals surface area (Å²) in [6.07, 6.45) is 0. The first-order valence-electron chi connectivity index (χ1n) is 20.0. The molecule has 10 aromatic rings. The first kappa shape index (κ1) is 36.2. The van der Waals surface area contributed by atoms with Crippen molar-refractivity contribution in [2.45, 2.75) is 0 Å². The van der Waals surface area contributed by atoms with Gasteiger partial charge in [-0.25, -0.2) is 24.9 Å². The van der Waals surface area contributed by atoms with Crippen molar-refractivity contribution in [1.29, 1.82) is 0 Å². The first-order chi connectivity index (χ1) is 29.7. The molecule has 8 aromatic carbocycles. The lowest BCUT2D eigenvalue weighted by Gasteiger charge is -2.13. The molecule has 0 aliphatic rings. The SMILES string of the molecule is c1ccc(-c2ccc(-c3ccccc3-c3nc(-c4ccccc4)nc(-c4cccc(-c5cccc(-c6cc(-c7ccccc7)nc(-c7ccccc7)n6)c5)c4)n3)cc2)cc1. The first-order valence-corrected chi connectivity index (χ1v) is 20.0. The Morgan fingerprint density at radius 2 is 0.550 bits per heavy atom. The summed E-state index contributed by atoms with van der Waals surface area (Å²) in [4.78, 5) is 25.4. The van der Waals surface area contributed by atoms with Gasteiger partial charge in [-0.1, -0.05) is 206 Å². The Hall–Kier alpha value is -8.15. The highest BCUT2D eigenvalue weighted by Crippen LogP contribution is 2.35. The molecule has 0 atom stereocenters. The second kappa shape index (κ2) is 16.4. The summed E-state index contributed by atoms with van der Waals surface area (Å²) in [5, 5.41) is 0. The normalized spacial score (nSPS) is 11.0. The molecule has 10 rings (SSSR count). The van der Waals surface area contributed by atoms with Crippen molar-refractivity contribution in [2.75, 3.05) is 0 Å². The number of nitrogens with zero attached hydrogens (tertiary/aromatic N) is 5. The molecule has 0 aliphatic carbocycles. The maximum absolute atomic E-state index is 5.19. The van der Waals surface area contributed by atoms with Crippen LogP contribution in [-0.4, -0.2) is 24.9 Å². The minimum absolute atomic E-state index is 0.599. The Bertz CT molecular complexity index is 3000. The van der Waals surface area contributed by atoms with Gasteiger partial charge in [0, 0.05) is 33.4 Å². The van der Waals surface area contributed by atoms with Crippen LogP contribution in [0.15, 0.2) is 224 Å². The number of hydrogen-bond donors (Lipinski definition) is 0. The zero-order valence-corrected chi connectivity index (χ0v) is 32.6. The smallest absolute Gasteiger partial charge is 0.164 e. The Balaban J connectivity index is 1.04. The highest BCUT2D eigenvalue weighted by molar-refractivity contribution is 5.83. The largest absolute Gasteiger partial charge is 0.228 e. The number of hydrogen-bond acceptors (Lipinski definition) is 5. The van der Waals surface area contributed by atoms with Crippen LogP contribution in [-0.2, 0) is 0 Å². The average molecular weight is 768 g/mol. The maximum atomic E-state index is 5.19. The van der Waals surface area contributed by atoms with E-state index in [2.05, 4.69) is 133 Å². The highest BCUT2D eigenvalue weighted by Gasteiger charge is 2.17. The van der Waals surface area contributed by atoms with Gasteiger partial charge in [-0.05, 0) is 51.6 Å². The van der Waals surface area contributed by atoms with Gasteiger partial charge in [0.25, 0.3) is 0 Å². The van der Waals surface area contributed by atoms with E-state index in [1.807, 2.05) is 91.0 Å². The summed E-state index contributed by atoms with van der Waals surface area (Å²) < 4.78 is 0. The third-order valence-corrected chi connectivity index (χ3v) is 10.6. The molecule has 0 spiro atoms. The molecule has 0 saturated heterocycles. The van der Waals surface area contributed by atoms with E-state index in [9.17, 15) is 0 Å². The lowest BCUT2D eigenvalue weighted by molar-refractivity contribution is 1.07. The van der Waals surface area contributed by atoms with Crippen LogP contribution in [0, 0.1) is 0 Å². The standard InChI is InChI=1S/C55H37N5/c1-5-17-38(18-6-1)39-31-33-40(34-32-39)48-29-13-14-30-49(48)55-59-53(43-23-11-4-12-24-43)58-54(60-55)47-28-16-26-45(36-47)44-25-15-27-46(35-44)51-37-50(41-19-7-2-8-20-41)56-52(57-51)42-21-9-3-10-22-42/h1-37H. The zero-order chi connectivity index (χ0) is 40.1. The number of benzene rings is 8. The van der Waals surface area contributed by atoms with Crippen LogP contribution >= 0.6 is 0 Å². The van der Waals surface area contributed by atoms with Crippen LogP contribution in [0.3, 0.4) is 0 Å². The molecule has 0 amide bonds. The molecule has 2 aromatic heterocycles. The predicted octanol–water partition coefficient (Wildman–Crippen LogP) is 13.7. The number of rotatable bonds is 9. The van der Waals surface area contributed by atoms with Gasteiger partial charge in [0.15, 0.2) is 23.3 Å². The fraction of sp³-hybridized carbons (Fsp3) is 0. The summed E-state index contributed by atoms with van der Waals surface area (Å²) in [6.45, 7) is 0. The van der Waals surface area contributed by atoms with Crippen LogP contribution in [0.5, 0.6) is 0 Å². The molecule has 282 valence electrons. The second-order valence-corrected chi connectivity index (χ2v) is 14.5. The van der Waals surface area contributed by atoms with E-state index in [4.69, 9.17) is 24.9 Å². The summed E-state index contributed by atoms with van der Waals surface area (Å²) in [5.41, 5.74) is 14.1. The Morgan fingerprint density at radius 3 is 1.15 bits per heavy atom. The minimum atomic E-state index is 0.599. The molecule has 60 heavy (non-hydrogen) atoms. The van der Waals surface area contributed by atoms with E-state index >= 15 is 0 Å². The van der Waals surface area contributed by atoms with Crippen molar-refractivity contribution in [3.63, 3.8) is 0 Å². The van der Waals surface area contributed by atoms with Gasteiger partial charge in [0.1, 0.15) is 0 Å². The molecule has 0 bridgehead atoms. The molecule has 0 saturated carbocycles. The van der Waals surface area contributed by atoms with Gasteiger partial charge in [-0.15, -0.1) is 0 Å². The lowest BCUT2D eigenvalue weighted by atomic mass is 9.96. The topological polar surface area (TPSA) is 64.5 Å². The quantitative estimate of drug-likeness (QED) is 0.146. The van der Waals surface area contributed by atoms with Crippen molar-refractivity contribution in [1.82, 2.24) is 24.9 Å².